The molecule has 0 bridgehead atoms. The summed E-state index contributed by atoms with van der Waals surface area (Å²) in [7, 11) is 1.78. The molecule has 0 aromatic carbocycles. The summed E-state index contributed by atoms with van der Waals surface area (Å²) in [5, 5.41) is 11.9. The van der Waals surface area contributed by atoms with E-state index in [0.717, 1.165) is 0 Å². The third kappa shape index (κ3) is 1.63. The number of hydrogen-bond donors (Lipinski definition) is 2. The molecule has 0 spiro atoms. The summed E-state index contributed by atoms with van der Waals surface area (Å²) in [4.78, 5) is 15.4. The van der Waals surface area contributed by atoms with E-state index in [2.05, 4.69) is 10.3 Å². The fourth-order valence-electron chi connectivity index (χ4n) is 1.54. The van der Waals surface area contributed by atoms with Crippen LogP contribution in [0.3, 0.4) is 0 Å². The number of nitrogens with zero attached hydrogens (tertiary/aromatic N) is 2. The molecule has 0 aliphatic heterocycles. The smallest absolute Gasteiger partial charge is 0.269 e. The first-order chi connectivity index (χ1) is 6.66. The van der Waals surface area contributed by atoms with Crippen LogP contribution in [0.2, 0.25) is 0 Å². The monoisotopic (exact) mass is 195 g/mol. The average Bonchev–Trinajstić information content (AvgIpc) is 2.48. The highest BCUT2D eigenvalue weighted by Gasteiger charge is 2.29. The molecule has 0 saturated heterocycles. The van der Waals surface area contributed by atoms with Crippen LogP contribution in [0.1, 0.15) is 23.3 Å². The standard InChI is InChI=1S/C9H13N3O2/c1-12-5-10-4-8(12)9(14)11-6-2-7(13)3-6/h4-7,13H,2-3H2,1H3,(H,11,14). The van der Waals surface area contributed by atoms with E-state index < -0.39 is 0 Å². The zero-order valence-corrected chi connectivity index (χ0v) is 7.97. The molecule has 1 amide bonds. The molecule has 0 atom stereocenters. The van der Waals surface area contributed by atoms with Crippen LogP contribution in [0.15, 0.2) is 12.5 Å². The van der Waals surface area contributed by atoms with Crippen molar-refractivity contribution in [2.45, 2.75) is 25.0 Å². The molecule has 5 nitrogen and oxygen atoms in total. The Morgan fingerprint density at radius 1 is 1.71 bits per heavy atom. The summed E-state index contributed by atoms with van der Waals surface area (Å²) in [5.74, 6) is -0.123. The second kappa shape index (κ2) is 3.42. The van der Waals surface area contributed by atoms with E-state index in [-0.39, 0.29) is 18.1 Å². The van der Waals surface area contributed by atoms with Crippen molar-refractivity contribution < 1.29 is 9.90 Å². The summed E-state index contributed by atoms with van der Waals surface area (Å²) in [6.45, 7) is 0. The van der Waals surface area contributed by atoms with Crippen LogP contribution >= 0.6 is 0 Å². The van der Waals surface area contributed by atoms with Gasteiger partial charge in [-0.05, 0) is 12.8 Å². The van der Waals surface area contributed by atoms with Crippen molar-refractivity contribution in [3.63, 3.8) is 0 Å². The zero-order valence-electron chi connectivity index (χ0n) is 7.97. The lowest BCUT2D eigenvalue weighted by Gasteiger charge is -2.31. The van der Waals surface area contributed by atoms with Crippen molar-refractivity contribution in [2.75, 3.05) is 0 Å². The number of aliphatic hydroxyl groups excluding tert-OH is 1. The predicted molar refractivity (Wildman–Crippen MR) is 49.7 cm³/mol. The molecular formula is C9H13N3O2. The minimum atomic E-state index is -0.244. The number of aromatic nitrogens is 2. The van der Waals surface area contributed by atoms with Gasteiger partial charge in [0.25, 0.3) is 5.91 Å². The molecule has 1 aromatic rings. The number of carbonyl (C=O) groups is 1. The first kappa shape index (κ1) is 9.21. The van der Waals surface area contributed by atoms with Crippen LogP contribution in [0.4, 0.5) is 0 Å². The maximum Gasteiger partial charge on any atom is 0.269 e. The van der Waals surface area contributed by atoms with Gasteiger partial charge in [0.05, 0.1) is 18.6 Å². The zero-order chi connectivity index (χ0) is 10.1. The van der Waals surface area contributed by atoms with Crippen LogP contribution in [0.5, 0.6) is 0 Å². The van der Waals surface area contributed by atoms with Gasteiger partial charge < -0.3 is 15.0 Å². The molecule has 1 heterocycles. The fraction of sp³-hybridized carbons (Fsp3) is 0.556. The Balaban J connectivity index is 1.93. The molecule has 2 N–H and O–H groups in total. The van der Waals surface area contributed by atoms with Gasteiger partial charge in [0.15, 0.2) is 0 Å². The summed E-state index contributed by atoms with van der Waals surface area (Å²) in [5.41, 5.74) is 0.548. The molecule has 1 aromatic heterocycles. The van der Waals surface area contributed by atoms with Crippen molar-refractivity contribution in [2.24, 2.45) is 7.05 Å². The SMILES string of the molecule is Cn1cncc1C(=O)NC1CC(O)C1. The van der Waals surface area contributed by atoms with Crippen molar-refractivity contribution in [3.05, 3.63) is 18.2 Å². The van der Waals surface area contributed by atoms with Crippen LogP contribution in [0.25, 0.3) is 0 Å². The molecule has 76 valence electrons. The number of carbonyl (C=O) groups excluding carboxylic acids is 1. The number of amides is 1. The van der Waals surface area contributed by atoms with Gasteiger partial charge in [-0.25, -0.2) is 4.98 Å². The number of rotatable bonds is 2. The summed E-state index contributed by atoms with van der Waals surface area (Å²) in [6, 6.07) is 0.118. The molecule has 0 unspecified atom stereocenters. The minimum Gasteiger partial charge on any atom is -0.393 e. The highest BCUT2D eigenvalue weighted by molar-refractivity contribution is 5.92. The van der Waals surface area contributed by atoms with E-state index in [1.807, 2.05) is 0 Å². The number of imidazole rings is 1. The van der Waals surface area contributed by atoms with Crippen molar-refractivity contribution in [1.82, 2.24) is 14.9 Å². The Hall–Kier alpha value is -1.36. The lowest BCUT2D eigenvalue weighted by atomic mass is 9.89. The predicted octanol–water partition coefficient (Wildman–Crippen LogP) is -0.327. The third-order valence-electron chi connectivity index (χ3n) is 2.50. The van der Waals surface area contributed by atoms with E-state index in [0.29, 0.717) is 18.5 Å². The maximum absolute atomic E-state index is 11.6. The van der Waals surface area contributed by atoms with Gasteiger partial charge in [-0.15, -0.1) is 0 Å². The van der Waals surface area contributed by atoms with Gasteiger partial charge in [0, 0.05) is 13.1 Å². The summed E-state index contributed by atoms with van der Waals surface area (Å²) < 4.78 is 1.67. The first-order valence-corrected chi connectivity index (χ1v) is 4.62. The minimum absolute atomic E-state index is 0.118. The maximum atomic E-state index is 11.6. The van der Waals surface area contributed by atoms with E-state index >= 15 is 0 Å². The number of aliphatic hydroxyl groups is 1. The quantitative estimate of drug-likeness (QED) is 0.679. The summed E-state index contributed by atoms with van der Waals surface area (Å²) >= 11 is 0. The Kier molecular flexibility index (Phi) is 2.25. The summed E-state index contributed by atoms with van der Waals surface area (Å²) in [6.07, 6.45) is 4.19. The van der Waals surface area contributed by atoms with E-state index in [1.54, 1.807) is 17.9 Å². The molecule has 14 heavy (non-hydrogen) atoms. The topological polar surface area (TPSA) is 67.2 Å². The lowest BCUT2D eigenvalue weighted by molar-refractivity contribution is 0.0559. The van der Waals surface area contributed by atoms with Crippen molar-refractivity contribution in [1.29, 1.82) is 0 Å². The van der Waals surface area contributed by atoms with Gasteiger partial charge in [0.1, 0.15) is 5.69 Å². The first-order valence-electron chi connectivity index (χ1n) is 4.62. The third-order valence-corrected chi connectivity index (χ3v) is 2.50. The molecule has 2 rings (SSSR count). The number of aryl methyl sites for hydroxylation is 1. The van der Waals surface area contributed by atoms with Crippen LogP contribution < -0.4 is 5.32 Å². The second-order valence-electron chi connectivity index (χ2n) is 3.69. The van der Waals surface area contributed by atoms with Crippen molar-refractivity contribution in [3.8, 4) is 0 Å². The molecule has 5 heteroatoms. The Bertz CT molecular complexity index is 342. The molecule has 1 fully saturated rings. The fourth-order valence-corrected chi connectivity index (χ4v) is 1.54. The number of nitrogens with one attached hydrogen (secondary N) is 1. The lowest BCUT2D eigenvalue weighted by Crippen LogP contribution is -2.47. The van der Waals surface area contributed by atoms with Crippen LogP contribution in [-0.4, -0.2) is 32.7 Å². The highest BCUT2D eigenvalue weighted by atomic mass is 16.3. The van der Waals surface area contributed by atoms with E-state index in [1.165, 1.54) is 6.20 Å². The van der Waals surface area contributed by atoms with E-state index in [4.69, 9.17) is 5.11 Å². The molecule has 1 aliphatic carbocycles. The van der Waals surface area contributed by atoms with Crippen LogP contribution in [-0.2, 0) is 7.05 Å². The normalized spacial score (nSPS) is 25.6. The van der Waals surface area contributed by atoms with Gasteiger partial charge in [-0.3, -0.25) is 4.79 Å². The van der Waals surface area contributed by atoms with Crippen LogP contribution in [0, 0.1) is 0 Å². The van der Waals surface area contributed by atoms with Gasteiger partial charge in [-0.1, -0.05) is 0 Å². The number of hydrogen-bond acceptors (Lipinski definition) is 3. The molecular weight excluding hydrogens is 182 g/mol. The largest absolute Gasteiger partial charge is 0.393 e. The molecule has 0 radical (unpaired) electrons. The Labute approximate surface area is 81.8 Å². The highest BCUT2D eigenvalue weighted by Crippen LogP contribution is 2.19. The average molecular weight is 195 g/mol. The van der Waals surface area contributed by atoms with Crippen molar-refractivity contribution >= 4 is 5.91 Å². The van der Waals surface area contributed by atoms with Gasteiger partial charge >= 0.3 is 0 Å². The van der Waals surface area contributed by atoms with Gasteiger partial charge in [-0.2, -0.15) is 0 Å². The molecule has 1 saturated carbocycles. The second-order valence-corrected chi connectivity index (χ2v) is 3.69. The van der Waals surface area contributed by atoms with Gasteiger partial charge in [0.2, 0.25) is 0 Å². The van der Waals surface area contributed by atoms with E-state index in [9.17, 15) is 4.79 Å². The Morgan fingerprint density at radius 2 is 2.43 bits per heavy atom. The Morgan fingerprint density at radius 3 is 2.93 bits per heavy atom. The molecule has 1 aliphatic rings.